The van der Waals surface area contributed by atoms with E-state index in [0.717, 1.165) is 13.0 Å². The van der Waals surface area contributed by atoms with Crippen molar-refractivity contribution < 1.29 is 0 Å². The molecular weight excluding hydrogens is 150 g/mol. The lowest BCUT2D eigenvalue weighted by Crippen LogP contribution is -2.12. The summed E-state index contributed by atoms with van der Waals surface area (Å²) in [6, 6.07) is 0.544. The van der Waals surface area contributed by atoms with Crippen LogP contribution in [0.4, 0.5) is 0 Å². The van der Waals surface area contributed by atoms with Crippen LogP contribution in [0.25, 0.3) is 0 Å². The molecule has 3 nitrogen and oxygen atoms in total. The minimum absolute atomic E-state index is 0.544. The van der Waals surface area contributed by atoms with E-state index in [0.29, 0.717) is 6.04 Å². The maximum absolute atomic E-state index is 5.53. The number of imidazole rings is 1. The molecule has 1 heterocycles. The molecule has 0 aromatic carbocycles. The molecule has 0 aliphatic heterocycles. The summed E-state index contributed by atoms with van der Waals surface area (Å²) in [6.07, 6.45) is 9.13. The van der Waals surface area contributed by atoms with Gasteiger partial charge < -0.3 is 10.3 Å². The molecule has 0 fully saturated rings. The lowest BCUT2D eigenvalue weighted by atomic mass is 10.1. The minimum atomic E-state index is 0.544. The first kappa shape index (κ1) is 9.26. The molecule has 0 aliphatic rings. The van der Waals surface area contributed by atoms with Gasteiger partial charge >= 0.3 is 0 Å². The molecule has 0 radical (unpaired) electrons. The van der Waals surface area contributed by atoms with Crippen molar-refractivity contribution in [2.45, 2.75) is 32.2 Å². The minimum Gasteiger partial charge on any atom is -0.334 e. The zero-order valence-electron chi connectivity index (χ0n) is 7.61. The van der Waals surface area contributed by atoms with E-state index in [1.165, 1.54) is 12.8 Å². The van der Waals surface area contributed by atoms with Gasteiger partial charge in [-0.15, -0.1) is 0 Å². The largest absolute Gasteiger partial charge is 0.334 e. The number of hydrogen-bond acceptors (Lipinski definition) is 2. The van der Waals surface area contributed by atoms with Gasteiger partial charge in [-0.05, 0) is 19.4 Å². The molecule has 1 aromatic rings. The van der Waals surface area contributed by atoms with Gasteiger partial charge in [0.15, 0.2) is 0 Å². The van der Waals surface area contributed by atoms with Crippen LogP contribution in [0.5, 0.6) is 0 Å². The van der Waals surface area contributed by atoms with Gasteiger partial charge in [0.25, 0.3) is 0 Å². The Balaban J connectivity index is 2.53. The fourth-order valence-electron chi connectivity index (χ4n) is 1.45. The normalized spacial score (nSPS) is 13.2. The smallest absolute Gasteiger partial charge is 0.0948 e. The van der Waals surface area contributed by atoms with Gasteiger partial charge in [0.05, 0.1) is 6.33 Å². The topological polar surface area (TPSA) is 43.8 Å². The molecule has 0 amide bonds. The van der Waals surface area contributed by atoms with Crippen molar-refractivity contribution in [3.63, 3.8) is 0 Å². The van der Waals surface area contributed by atoms with Gasteiger partial charge in [-0.2, -0.15) is 0 Å². The number of hydrogen-bond donors (Lipinski definition) is 1. The van der Waals surface area contributed by atoms with Gasteiger partial charge in [-0.25, -0.2) is 4.98 Å². The van der Waals surface area contributed by atoms with Crippen LogP contribution in [-0.2, 0) is 0 Å². The summed E-state index contributed by atoms with van der Waals surface area (Å²) < 4.78 is 2.15. The van der Waals surface area contributed by atoms with Crippen LogP contribution >= 0.6 is 0 Å². The highest BCUT2D eigenvalue weighted by molar-refractivity contribution is 4.80. The summed E-state index contributed by atoms with van der Waals surface area (Å²) in [5.41, 5.74) is 5.53. The number of aromatic nitrogens is 2. The highest BCUT2D eigenvalue weighted by Crippen LogP contribution is 2.16. The van der Waals surface area contributed by atoms with E-state index in [4.69, 9.17) is 5.73 Å². The van der Waals surface area contributed by atoms with E-state index in [2.05, 4.69) is 16.5 Å². The SMILES string of the molecule is CCCC(CCN)n1ccnc1. The van der Waals surface area contributed by atoms with E-state index in [1.807, 2.05) is 18.7 Å². The van der Waals surface area contributed by atoms with E-state index < -0.39 is 0 Å². The van der Waals surface area contributed by atoms with E-state index in [1.54, 1.807) is 0 Å². The zero-order valence-corrected chi connectivity index (χ0v) is 7.61. The summed E-state index contributed by atoms with van der Waals surface area (Å²) in [5.74, 6) is 0. The average molecular weight is 167 g/mol. The predicted molar refractivity (Wildman–Crippen MR) is 49.8 cm³/mol. The van der Waals surface area contributed by atoms with Gasteiger partial charge in [-0.1, -0.05) is 13.3 Å². The van der Waals surface area contributed by atoms with E-state index >= 15 is 0 Å². The quantitative estimate of drug-likeness (QED) is 0.723. The summed E-state index contributed by atoms with van der Waals surface area (Å²) in [4.78, 5) is 4.03. The van der Waals surface area contributed by atoms with Crippen molar-refractivity contribution in [2.24, 2.45) is 5.73 Å². The van der Waals surface area contributed by atoms with Crippen LogP contribution in [0.2, 0.25) is 0 Å². The lowest BCUT2D eigenvalue weighted by molar-refractivity contribution is 0.436. The lowest BCUT2D eigenvalue weighted by Gasteiger charge is -2.16. The fraction of sp³-hybridized carbons (Fsp3) is 0.667. The van der Waals surface area contributed by atoms with Gasteiger partial charge in [0.1, 0.15) is 0 Å². The molecule has 68 valence electrons. The van der Waals surface area contributed by atoms with Crippen molar-refractivity contribution in [2.75, 3.05) is 6.54 Å². The Hall–Kier alpha value is -0.830. The molecule has 12 heavy (non-hydrogen) atoms. The highest BCUT2D eigenvalue weighted by atomic mass is 15.0. The Labute approximate surface area is 73.6 Å². The van der Waals surface area contributed by atoms with Gasteiger partial charge in [0, 0.05) is 18.4 Å². The van der Waals surface area contributed by atoms with E-state index in [-0.39, 0.29) is 0 Å². The second-order valence-electron chi connectivity index (χ2n) is 3.03. The second kappa shape index (κ2) is 4.93. The first-order valence-corrected chi connectivity index (χ1v) is 4.56. The third-order valence-corrected chi connectivity index (χ3v) is 2.07. The van der Waals surface area contributed by atoms with E-state index in [9.17, 15) is 0 Å². The van der Waals surface area contributed by atoms with Crippen molar-refractivity contribution in [1.29, 1.82) is 0 Å². The van der Waals surface area contributed by atoms with Crippen LogP contribution in [0, 0.1) is 0 Å². The second-order valence-corrected chi connectivity index (χ2v) is 3.03. The van der Waals surface area contributed by atoms with Crippen molar-refractivity contribution in [3.05, 3.63) is 18.7 Å². The Morgan fingerprint density at radius 3 is 2.83 bits per heavy atom. The summed E-state index contributed by atoms with van der Waals surface area (Å²) in [7, 11) is 0. The standard InChI is InChI=1S/C9H17N3/c1-2-3-9(4-5-10)12-7-6-11-8-12/h6-9H,2-5,10H2,1H3. The number of nitrogens with zero attached hydrogens (tertiary/aromatic N) is 2. The van der Waals surface area contributed by atoms with Crippen molar-refractivity contribution in [1.82, 2.24) is 9.55 Å². The summed E-state index contributed by atoms with van der Waals surface area (Å²) >= 11 is 0. The maximum atomic E-state index is 5.53. The van der Waals surface area contributed by atoms with Gasteiger partial charge in [-0.3, -0.25) is 0 Å². The fourth-order valence-corrected chi connectivity index (χ4v) is 1.45. The predicted octanol–water partition coefficient (Wildman–Crippen LogP) is 1.57. The molecule has 1 unspecified atom stereocenters. The molecule has 0 bridgehead atoms. The zero-order chi connectivity index (χ0) is 8.81. The Bertz CT molecular complexity index is 188. The number of nitrogens with two attached hydrogens (primary N) is 1. The third kappa shape index (κ3) is 2.34. The summed E-state index contributed by atoms with van der Waals surface area (Å²) in [6.45, 7) is 2.95. The average Bonchev–Trinajstić information content (AvgIpc) is 2.56. The van der Waals surface area contributed by atoms with Crippen LogP contribution < -0.4 is 5.73 Å². The maximum Gasteiger partial charge on any atom is 0.0948 e. The first-order valence-electron chi connectivity index (χ1n) is 4.56. The van der Waals surface area contributed by atoms with Crippen LogP contribution in [0.1, 0.15) is 32.2 Å². The van der Waals surface area contributed by atoms with Crippen LogP contribution in [-0.4, -0.2) is 16.1 Å². The first-order chi connectivity index (χ1) is 5.88. The van der Waals surface area contributed by atoms with Crippen LogP contribution in [0.15, 0.2) is 18.7 Å². The third-order valence-electron chi connectivity index (χ3n) is 2.07. The molecule has 3 heteroatoms. The molecule has 1 aromatic heterocycles. The Morgan fingerprint density at radius 1 is 1.50 bits per heavy atom. The number of rotatable bonds is 5. The monoisotopic (exact) mass is 167 g/mol. The Kier molecular flexibility index (Phi) is 3.80. The Morgan fingerprint density at radius 2 is 2.33 bits per heavy atom. The van der Waals surface area contributed by atoms with Crippen molar-refractivity contribution in [3.8, 4) is 0 Å². The molecule has 0 aliphatic carbocycles. The molecule has 0 spiro atoms. The molecular formula is C9H17N3. The summed E-state index contributed by atoms with van der Waals surface area (Å²) in [5, 5.41) is 0. The van der Waals surface area contributed by atoms with Crippen LogP contribution in [0.3, 0.4) is 0 Å². The molecule has 1 atom stereocenters. The molecule has 1 rings (SSSR count). The molecule has 0 saturated carbocycles. The van der Waals surface area contributed by atoms with Gasteiger partial charge in [0.2, 0.25) is 0 Å². The molecule has 2 N–H and O–H groups in total. The van der Waals surface area contributed by atoms with Crippen molar-refractivity contribution >= 4 is 0 Å². The molecule has 0 saturated heterocycles. The highest BCUT2D eigenvalue weighted by Gasteiger charge is 2.06.